The Morgan fingerprint density at radius 2 is 1.73 bits per heavy atom. The first-order chi connectivity index (χ1) is 12.7. The third-order valence-electron chi connectivity index (χ3n) is 5.24. The highest BCUT2D eigenvalue weighted by atomic mass is 16.2. The van der Waals surface area contributed by atoms with Gasteiger partial charge in [0, 0.05) is 55.0 Å². The van der Waals surface area contributed by atoms with E-state index in [4.69, 9.17) is 0 Å². The molecule has 26 heavy (non-hydrogen) atoms. The number of carbonyl (C=O) groups excluding carboxylic acids is 2. The third-order valence-corrected chi connectivity index (χ3v) is 5.24. The van der Waals surface area contributed by atoms with Crippen molar-refractivity contribution < 1.29 is 9.59 Å². The van der Waals surface area contributed by atoms with E-state index in [0.29, 0.717) is 23.2 Å². The van der Waals surface area contributed by atoms with Crippen molar-refractivity contribution >= 4 is 11.7 Å². The second-order valence-corrected chi connectivity index (χ2v) is 6.84. The van der Waals surface area contributed by atoms with Crippen molar-refractivity contribution in [2.45, 2.75) is 6.42 Å². The highest BCUT2D eigenvalue weighted by molar-refractivity contribution is 6.24. The molecule has 0 unspecified atom stereocenters. The molecule has 0 atom stereocenters. The maximum absolute atomic E-state index is 13.3. The summed E-state index contributed by atoms with van der Waals surface area (Å²) in [5, 5.41) is 0. The number of carbonyl (C=O) groups is 2. The van der Waals surface area contributed by atoms with Crippen molar-refractivity contribution in [1.82, 2.24) is 9.80 Å². The highest BCUT2D eigenvalue weighted by Gasteiger charge is 2.31. The van der Waals surface area contributed by atoms with E-state index in [1.54, 1.807) is 0 Å². The molecule has 0 saturated carbocycles. The monoisotopic (exact) mass is 346 g/mol. The zero-order valence-electron chi connectivity index (χ0n) is 14.8. The molecule has 0 spiro atoms. The van der Waals surface area contributed by atoms with Crippen LogP contribution in [-0.4, -0.2) is 54.2 Å². The summed E-state index contributed by atoms with van der Waals surface area (Å²) in [5.74, 6) is 0.0325. The lowest BCUT2D eigenvalue weighted by atomic mass is 9.98. The Hall–Kier alpha value is -2.72. The third kappa shape index (κ3) is 2.76. The minimum Gasteiger partial charge on any atom is -0.337 e. The van der Waals surface area contributed by atoms with Gasteiger partial charge < -0.3 is 4.90 Å². The quantitative estimate of drug-likeness (QED) is 0.684. The lowest BCUT2D eigenvalue weighted by molar-refractivity contribution is 0.0763. The summed E-state index contributed by atoms with van der Waals surface area (Å²) in [7, 11) is 0. The Morgan fingerprint density at radius 1 is 0.962 bits per heavy atom. The molecule has 4 nitrogen and oxygen atoms in total. The number of nitrogens with zero attached hydrogens (tertiary/aromatic N) is 2. The Bertz CT molecular complexity index is 887. The molecule has 2 aliphatic rings. The van der Waals surface area contributed by atoms with Gasteiger partial charge in [0.15, 0.2) is 5.78 Å². The van der Waals surface area contributed by atoms with Crippen LogP contribution in [0.1, 0.15) is 32.7 Å². The molecule has 1 aliphatic carbocycles. The van der Waals surface area contributed by atoms with Crippen LogP contribution in [0.5, 0.6) is 0 Å². The van der Waals surface area contributed by atoms with Crippen molar-refractivity contribution in [1.29, 1.82) is 0 Å². The topological polar surface area (TPSA) is 40.6 Å². The number of fused-ring (bicyclic) bond motifs is 3. The Kier molecular flexibility index (Phi) is 4.43. The van der Waals surface area contributed by atoms with E-state index in [1.165, 1.54) is 0 Å². The van der Waals surface area contributed by atoms with Gasteiger partial charge in [0.05, 0.1) is 0 Å². The van der Waals surface area contributed by atoms with Gasteiger partial charge in [-0.3, -0.25) is 14.5 Å². The standard InChI is InChI=1S/C22H22N2O2/c1-2-11-23-12-6-13-24(15-14-23)22(26)19-10-5-9-18-20(19)16-7-3-4-8-17(16)21(18)25/h2-5,7-10H,1,6,11-15H2. The molecule has 1 saturated heterocycles. The largest absolute Gasteiger partial charge is 0.337 e. The summed E-state index contributed by atoms with van der Waals surface area (Å²) in [6, 6.07) is 13.0. The second kappa shape index (κ2) is 6.89. The minimum absolute atomic E-state index is 0.0123. The average Bonchev–Trinajstić information content (AvgIpc) is 2.82. The van der Waals surface area contributed by atoms with Crippen LogP contribution in [0.4, 0.5) is 0 Å². The van der Waals surface area contributed by atoms with Crippen molar-refractivity contribution in [3.05, 3.63) is 71.8 Å². The number of benzene rings is 2. The van der Waals surface area contributed by atoms with E-state index < -0.39 is 0 Å². The molecule has 1 heterocycles. The zero-order chi connectivity index (χ0) is 18.1. The molecule has 1 fully saturated rings. The van der Waals surface area contributed by atoms with Crippen molar-refractivity contribution in [3.63, 3.8) is 0 Å². The SMILES string of the molecule is C=CCN1CCCN(C(=O)c2cccc3c2-c2ccccc2C3=O)CC1. The lowest BCUT2D eigenvalue weighted by Crippen LogP contribution is -2.35. The first-order valence-corrected chi connectivity index (χ1v) is 9.10. The fraction of sp³-hybridized carbons (Fsp3) is 0.273. The van der Waals surface area contributed by atoms with Gasteiger partial charge in [0.25, 0.3) is 5.91 Å². The summed E-state index contributed by atoms with van der Waals surface area (Å²) in [6.07, 6.45) is 2.86. The molecule has 132 valence electrons. The highest BCUT2D eigenvalue weighted by Crippen LogP contribution is 2.39. The minimum atomic E-state index is 0.0123. The Labute approximate surface area is 153 Å². The smallest absolute Gasteiger partial charge is 0.254 e. The second-order valence-electron chi connectivity index (χ2n) is 6.84. The molecule has 4 rings (SSSR count). The van der Waals surface area contributed by atoms with Gasteiger partial charge in [-0.15, -0.1) is 6.58 Å². The molecule has 0 bridgehead atoms. The lowest BCUT2D eigenvalue weighted by Gasteiger charge is -2.22. The van der Waals surface area contributed by atoms with E-state index in [0.717, 1.165) is 43.7 Å². The number of rotatable bonds is 3. The van der Waals surface area contributed by atoms with Crippen LogP contribution >= 0.6 is 0 Å². The van der Waals surface area contributed by atoms with Crippen LogP contribution in [0.3, 0.4) is 0 Å². The number of hydrogen-bond acceptors (Lipinski definition) is 3. The molecule has 2 aromatic rings. The number of ketones is 1. The van der Waals surface area contributed by atoms with Crippen molar-refractivity contribution in [3.8, 4) is 11.1 Å². The maximum Gasteiger partial charge on any atom is 0.254 e. The summed E-state index contributed by atoms with van der Waals surface area (Å²) in [5.41, 5.74) is 3.64. The molecule has 2 aromatic carbocycles. The van der Waals surface area contributed by atoms with Crippen LogP contribution in [0.15, 0.2) is 55.1 Å². The first kappa shape index (κ1) is 16.7. The van der Waals surface area contributed by atoms with Crippen molar-refractivity contribution in [2.75, 3.05) is 32.7 Å². The van der Waals surface area contributed by atoms with Crippen LogP contribution < -0.4 is 0 Å². The Morgan fingerprint density at radius 3 is 2.54 bits per heavy atom. The molecule has 1 aliphatic heterocycles. The van der Waals surface area contributed by atoms with Gasteiger partial charge in [-0.2, -0.15) is 0 Å². The van der Waals surface area contributed by atoms with E-state index in [1.807, 2.05) is 53.4 Å². The predicted molar refractivity (Wildman–Crippen MR) is 102 cm³/mol. The summed E-state index contributed by atoms with van der Waals surface area (Å²) in [6.45, 7) is 7.92. The number of hydrogen-bond donors (Lipinski definition) is 0. The fourth-order valence-corrected chi connectivity index (χ4v) is 3.96. The molecule has 0 radical (unpaired) electrons. The average molecular weight is 346 g/mol. The molecular formula is C22H22N2O2. The first-order valence-electron chi connectivity index (χ1n) is 9.10. The van der Waals surface area contributed by atoms with Crippen LogP contribution in [-0.2, 0) is 0 Å². The summed E-state index contributed by atoms with van der Waals surface area (Å²) >= 11 is 0. The maximum atomic E-state index is 13.3. The fourth-order valence-electron chi connectivity index (χ4n) is 3.96. The Balaban J connectivity index is 1.67. The summed E-state index contributed by atoms with van der Waals surface area (Å²) < 4.78 is 0. The van der Waals surface area contributed by atoms with E-state index in [9.17, 15) is 9.59 Å². The summed E-state index contributed by atoms with van der Waals surface area (Å²) in [4.78, 5) is 30.2. The van der Waals surface area contributed by atoms with Crippen LogP contribution in [0, 0.1) is 0 Å². The molecule has 4 heteroatoms. The predicted octanol–water partition coefficient (Wildman–Crippen LogP) is 3.23. The van der Waals surface area contributed by atoms with Crippen LogP contribution in [0.2, 0.25) is 0 Å². The molecule has 0 N–H and O–H groups in total. The van der Waals surface area contributed by atoms with Gasteiger partial charge in [0.2, 0.25) is 0 Å². The zero-order valence-corrected chi connectivity index (χ0v) is 14.8. The number of amides is 1. The normalized spacial score (nSPS) is 16.8. The van der Waals surface area contributed by atoms with Gasteiger partial charge in [-0.1, -0.05) is 42.5 Å². The molecule has 1 amide bonds. The van der Waals surface area contributed by atoms with Gasteiger partial charge in [-0.05, 0) is 18.1 Å². The van der Waals surface area contributed by atoms with Gasteiger partial charge >= 0.3 is 0 Å². The van der Waals surface area contributed by atoms with Crippen molar-refractivity contribution in [2.24, 2.45) is 0 Å². The van der Waals surface area contributed by atoms with Gasteiger partial charge in [0.1, 0.15) is 0 Å². The van der Waals surface area contributed by atoms with E-state index >= 15 is 0 Å². The van der Waals surface area contributed by atoms with E-state index in [-0.39, 0.29) is 11.7 Å². The van der Waals surface area contributed by atoms with E-state index in [2.05, 4.69) is 11.5 Å². The van der Waals surface area contributed by atoms with Crippen LogP contribution in [0.25, 0.3) is 11.1 Å². The molecule has 0 aromatic heterocycles. The molecular weight excluding hydrogens is 324 g/mol. The van der Waals surface area contributed by atoms with Gasteiger partial charge in [-0.25, -0.2) is 0 Å².